The van der Waals surface area contributed by atoms with Crippen LogP contribution in [-0.4, -0.2) is 30.4 Å². The summed E-state index contributed by atoms with van der Waals surface area (Å²) in [4.78, 5) is 29.6. The van der Waals surface area contributed by atoms with Gasteiger partial charge in [0, 0.05) is 17.8 Å². The van der Waals surface area contributed by atoms with Crippen molar-refractivity contribution in [3.8, 4) is 11.5 Å². The van der Waals surface area contributed by atoms with Gasteiger partial charge in [-0.15, -0.1) is 0 Å². The Morgan fingerprint density at radius 1 is 0.897 bits per heavy atom. The summed E-state index contributed by atoms with van der Waals surface area (Å²) in [5.74, 6) is -0.120. The van der Waals surface area contributed by atoms with E-state index < -0.39 is 12.0 Å². The van der Waals surface area contributed by atoms with Crippen LogP contribution in [0.1, 0.15) is 45.9 Å². The number of methoxy groups -OCH3 is 1. The van der Waals surface area contributed by atoms with Gasteiger partial charge >= 0.3 is 0 Å². The highest BCUT2D eigenvalue weighted by Gasteiger charge is 2.44. The van der Waals surface area contributed by atoms with E-state index in [1.54, 1.807) is 60.5 Å². The number of hydrogen-bond acceptors (Lipinski definition) is 4. The SMILES string of the molecule is CCOc1ccc(NC(=O)[C@@H]2c3ccccc3C(=O)N(Cc3ccc(F)cc3)[C@@H]2c2ccc(OC)cc2)cc1. The molecule has 0 saturated carbocycles. The Balaban J connectivity index is 1.58. The highest BCUT2D eigenvalue weighted by Crippen LogP contribution is 2.44. The lowest BCUT2D eigenvalue weighted by Gasteiger charge is -2.42. The molecule has 198 valence electrons. The summed E-state index contributed by atoms with van der Waals surface area (Å²) < 4.78 is 24.5. The average Bonchev–Trinajstić information content (AvgIpc) is 2.96. The molecule has 5 rings (SSSR count). The number of rotatable bonds is 8. The molecular formula is C32H29FN2O4. The number of carbonyl (C=O) groups is 2. The van der Waals surface area contributed by atoms with Crippen LogP contribution in [0.4, 0.5) is 10.1 Å². The van der Waals surface area contributed by atoms with Crippen molar-refractivity contribution >= 4 is 17.5 Å². The Morgan fingerprint density at radius 2 is 1.56 bits per heavy atom. The third kappa shape index (κ3) is 5.48. The van der Waals surface area contributed by atoms with E-state index in [0.717, 1.165) is 11.1 Å². The van der Waals surface area contributed by atoms with Crippen molar-refractivity contribution in [1.29, 1.82) is 0 Å². The predicted octanol–water partition coefficient (Wildman–Crippen LogP) is 6.35. The molecule has 2 atom stereocenters. The smallest absolute Gasteiger partial charge is 0.255 e. The molecule has 0 bridgehead atoms. The molecule has 39 heavy (non-hydrogen) atoms. The molecule has 7 heteroatoms. The van der Waals surface area contributed by atoms with E-state index in [1.165, 1.54) is 12.1 Å². The third-order valence-corrected chi connectivity index (χ3v) is 6.88. The molecule has 4 aromatic carbocycles. The normalized spacial score (nSPS) is 16.4. The maximum Gasteiger partial charge on any atom is 0.255 e. The average molecular weight is 525 g/mol. The monoisotopic (exact) mass is 524 g/mol. The fraction of sp³-hybridized carbons (Fsp3) is 0.188. The molecule has 1 heterocycles. The van der Waals surface area contributed by atoms with Crippen LogP contribution in [-0.2, 0) is 11.3 Å². The molecule has 6 nitrogen and oxygen atoms in total. The van der Waals surface area contributed by atoms with Crippen LogP contribution in [0.15, 0.2) is 97.1 Å². The van der Waals surface area contributed by atoms with Crippen molar-refractivity contribution in [1.82, 2.24) is 4.90 Å². The number of benzene rings is 4. The summed E-state index contributed by atoms with van der Waals surface area (Å²) >= 11 is 0. The van der Waals surface area contributed by atoms with Gasteiger partial charge in [0.1, 0.15) is 17.3 Å². The minimum atomic E-state index is -0.709. The largest absolute Gasteiger partial charge is 0.497 e. The highest BCUT2D eigenvalue weighted by atomic mass is 19.1. The minimum absolute atomic E-state index is 0.194. The van der Waals surface area contributed by atoms with Crippen LogP contribution < -0.4 is 14.8 Å². The van der Waals surface area contributed by atoms with Crippen molar-refractivity contribution in [2.45, 2.75) is 25.4 Å². The standard InChI is InChI=1S/C32H29FN2O4/c1-3-39-26-18-14-24(15-19-26)34-31(36)29-27-6-4-5-7-28(27)32(37)35(20-21-8-12-23(33)13-9-21)30(29)22-10-16-25(38-2)17-11-22/h4-19,29-30H,3,20H2,1-2H3,(H,34,36)/t29-,30-/m1/s1. The first kappa shape index (κ1) is 26.0. The Labute approximate surface area is 227 Å². The summed E-state index contributed by atoms with van der Waals surface area (Å²) in [6.07, 6.45) is 0. The van der Waals surface area contributed by atoms with Crippen molar-refractivity contribution in [3.63, 3.8) is 0 Å². The number of nitrogens with zero attached hydrogens (tertiary/aromatic N) is 1. The van der Waals surface area contributed by atoms with Gasteiger partial charge in [-0.05, 0) is 78.2 Å². The van der Waals surface area contributed by atoms with Crippen molar-refractivity contribution in [2.75, 3.05) is 19.0 Å². The maximum absolute atomic E-state index is 14.0. The zero-order valence-electron chi connectivity index (χ0n) is 21.8. The number of halogens is 1. The van der Waals surface area contributed by atoms with E-state index >= 15 is 0 Å². The van der Waals surface area contributed by atoms with Crippen LogP contribution in [0.25, 0.3) is 0 Å². The van der Waals surface area contributed by atoms with E-state index in [0.29, 0.717) is 34.9 Å². The number of carbonyl (C=O) groups excluding carboxylic acids is 2. The molecule has 0 aromatic heterocycles. The highest BCUT2D eigenvalue weighted by molar-refractivity contribution is 6.04. The first-order chi connectivity index (χ1) is 19.0. The molecule has 0 unspecified atom stereocenters. The zero-order valence-corrected chi connectivity index (χ0v) is 21.8. The molecule has 4 aromatic rings. The lowest BCUT2D eigenvalue weighted by atomic mass is 9.79. The Kier molecular flexibility index (Phi) is 7.59. The molecule has 1 aliphatic heterocycles. The quantitative estimate of drug-likeness (QED) is 0.292. The van der Waals surface area contributed by atoms with Crippen LogP contribution in [0.3, 0.4) is 0 Å². The van der Waals surface area contributed by atoms with Gasteiger partial charge in [0.05, 0.1) is 25.7 Å². The fourth-order valence-corrected chi connectivity index (χ4v) is 5.03. The Hall–Kier alpha value is -4.65. The van der Waals surface area contributed by atoms with Crippen molar-refractivity contribution < 1.29 is 23.5 Å². The second-order valence-corrected chi connectivity index (χ2v) is 9.29. The van der Waals surface area contributed by atoms with Gasteiger partial charge in [0.2, 0.25) is 5.91 Å². The second kappa shape index (κ2) is 11.4. The summed E-state index contributed by atoms with van der Waals surface area (Å²) in [5, 5.41) is 3.04. The summed E-state index contributed by atoms with van der Waals surface area (Å²) in [7, 11) is 1.59. The van der Waals surface area contributed by atoms with Crippen molar-refractivity contribution in [2.24, 2.45) is 0 Å². The molecular weight excluding hydrogens is 495 g/mol. The lowest BCUT2D eigenvalue weighted by molar-refractivity contribution is -0.119. The van der Waals surface area contributed by atoms with Gasteiger partial charge in [0.15, 0.2) is 0 Å². The third-order valence-electron chi connectivity index (χ3n) is 6.88. The first-order valence-electron chi connectivity index (χ1n) is 12.8. The molecule has 0 saturated heterocycles. The van der Waals surface area contributed by atoms with Gasteiger partial charge < -0.3 is 19.7 Å². The minimum Gasteiger partial charge on any atom is -0.497 e. The Bertz CT molecular complexity index is 1450. The van der Waals surface area contributed by atoms with E-state index in [-0.39, 0.29) is 24.2 Å². The Morgan fingerprint density at radius 3 is 2.23 bits per heavy atom. The number of fused-ring (bicyclic) bond motifs is 1. The summed E-state index contributed by atoms with van der Waals surface area (Å²) in [6, 6.07) is 27.2. The van der Waals surface area contributed by atoms with Gasteiger partial charge in [-0.2, -0.15) is 0 Å². The molecule has 2 amide bonds. The van der Waals surface area contributed by atoms with Gasteiger partial charge in [-0.25, -0.2) is 4.39 Å². The molecule has 0 spiro atoms. The van der Waals surface area contributed by atoms with Crippen LogP contribution in [0.2, 0.25) is 0 Å². The molecule has 0 fully saturated rings. The van der Waals surface area contributed by atoms with Crippen LogP contribution in [0.5, 0.6) is 11.5 Å². The second-order valence-electron chi connectivity index (χ2n) is 9.29. The molecule has 0 aliphatic carbocycles. The van der Waals surface area contributed by atoms with Gasteiger partial charge in [-0.1, -0.05) is 42.5 Å². The number of nitrogens with one attached hydrogen (secondary N) is 1. The number of ether oxygens (including phenoxy) is 2. The van der Waals surface area contributed by atoms with E-state index in [2.05, 4.69) is 5.32 Å². The first-order valence-corrected chi connectivity index (χ1v) is 12.8. The van der Waals surface area contributed by atoms with E-state index in [9.17, 15) is 14.0 Å². The van der Waals surface area contributed by atoms with E-state index in [1.807, 2.05) is 43.3 Å². The number of hydrogen-bond donors (Lipinski definition) is 1. The topological polar surface area (TPSA) is 67.9 Å². The van der Waals surface area contributed by atoms with Gasteiger partial charge in [-0.3, -0.25) is 9.59 Å². The van der Waals surface area contributed by atoms with Gasteiger partial charge in [0.25, 0.3) is 5.91 Å². The number of anilines is 1. The molecule has 0 radical (unpaired) electrons. The summed E-state index contributed by atoms with van der Waals surface area (Å²) in [6.45, 7) is 2.66. The number of amides is 2. The van der Waals surface area contributed by atoms with Crippen LogP contribution >= 0.6 is 0 Å². The van der Waals surface area contributed by atoms with Crippen molar-refractivity contribution in [3.05, 3.63) is 125 Å². The zero-order chi connectivity index (χ0) is 27.4. The van der Waals surface area contributed by atoms with E-state index in [4.69, 9.17) is 9.47 Å². The maximum atomic E-state index is 14.0. The fourth-order valence-electron chi connectivity index (χ4n) is 5.03. The summed E-state index contributed by atoms with van der Waals surface area (Å²) in [5.41, 5.74) is 3.29. The molecule has 1 aliphatic rings. The van der Waals surface area contributed by atoms with Crippen LogP contribution in [0, 0.1) is 5.82 Å². The molecule has 1 N–H and O–H groups in total. The predicted molar refractivity (Wildman–Crippen MR) is 147 cm³/mol. The lowest BCUT2D eigenvalue weighted by Crippen LogP contribution is -2.45.